The fraction of sp³-hybridized carbons (Fsp3) is 0.125. The Bertz CT molecular complexity index is 1370. The normalized spacial score (nSPS) is 14.7. The number of halogens is 1. The maximum absolute atomic E-state index is 12.9. The van der Waals surface area contributed by atoms with Gasteiger partial charge in [0.15, 0.2) is 11.5 Å². The number of amides is 4. The van der Waals surface area contributed by atoms with Crippen molar-refractivity contribution in [2.24, 2.45) is 0 Å². The molecule has 0 bridgehead atoms. The smallest absolute Gasteiger partial charge is 0.331 e. The number of barbiturate groups is 1. The molecule has 2 heterocycles. The number of nitro benzene ring substituents is 1. The number of nitro groups is 1. The number of hydrogen-bond donors (Lipinski definition) is 1. The second kappa shape index (κ2) is 10.3. The number of benzene rings is 2. The molecule has 1 aliphatic heterocycles. The van der Waals surface area contributed by atoms with Gasteiger partial charge in [-0.2, -0.15) is 0 Å². The van der Waals surface area contributed by atoms with E-state index in [1.165, 1.54) is 43.7 Å². The van der Waals surface area contributed by atoms with Gasteiger partial charge in [0.25, 0.3) is 17.5 Å². The highest BCUT2D eigenvalue weighted by Crippen LogP contribution is 2.38. The van der Waals surface area contributed by atoms with E-state index in [0.717, 1.165) is 4.90 Å². The highest BCUT2D eigenvalue weighted by atomic mass is 35.5. The largest absolute Gasteiger partial charge is 0.493 e. The minimum atomic E-state index is -0.857. The number of ether oxygens (including phenoxy) is 2. The van der Waals surface area contributed by atoms with Crippen LogP contribution in [0.2, 0.25) is 5.02 Å². The monoisotopic (exact) mass is 511 g/mol. The molecule has 0 atom stereocenters. The molecule has 3 aromatic rings. The number of carbonyl (C=O) groups excluding carboxylic acids is 3. The van der Waals surface area contributed by atoms with Gasteiger partial charge in [0.1, 0.15) is 17.9 Å². The predicted molar refractivity (Wildman–Crippen MR) is 126 cm³/mol. The average molecular weight is 512 g/mol. The first-order valence-electron chi connectivity index (χ1n) is 10.4. The number of nitrogens with zero attached hydrogens (tertiary/aromatic N) is 2. The third-order valence-corrected chi connectivity index (χ3v) is 5.45. The van der Waals surface area contributed by atoms with Crippen LogP contribution in [0, 0.1) is 10.1 Å². The summed E-state index contributed by atoms with van der Waals surface area (Å²) in [6.07, 6.45) is 2.69. The summed E-state index contributed by atoms with van der Waals surface area (Å²) in [5.41, 5.74) is 0.692. The van der Waals surface area contributed by atoms with Gasteiger partial charge in [-0.05, 0) is 53.6 Å². The molecule has 11 nitrogen and oxygen atoms in total. The van der Waals surface area contributed by atoms with Crippen molar-refractivity contribution in [2.45, 2.75) is 13.2 Å². The SMILES string of the molecule is COc1cc(/C=C2\C(=O)NC(=O)N(Cc3ccco3)C2=O)cc(Cl)c1OCc1ccc([N+](=O)[O-])cc1. The fourth-order valence-corrected chi connectivity index (χ4v) is 3.67. The quantitative estimate of drug-likeness (QED) is 0.206. The molecule has 4 rings (SSSR count). The van der Waals surface area contributed by atoms with Crippen LogP contribution in [0.25, 0.3) is 6.08 Å². The molecule has 1 saturated heterocycles. The van der Waals surface area contributed by atoms with Gasteiger partial charge in [0, 0.05) is 12.1 Å². The van der Waals surface area contributed by atoms with Gasteiger partial charge >= 0.3 is 6.03 Å². The van der Waals surface area contributed by atoms with E-state index in [9.17, 15) is 24.5 Å². The minimum Gasteiger partial charge on any atom is -0.493 e. The Hall–Kier alpha value is -4.64. The van der Waals surface area contributed by atoms with Crippen LogP contribution in [0.3, 0.4) is 0 Å². The van der Waals surface area contributed by atoms with Gasteiger partial charge in [-0.1, -0.05) is 11.6 Å². The Morgan fingerprint density at radius 1 is 1.17 bits per heavy atom. The second-order valence-corrected chi connectivity index (χ2v) is 7.94. The zero-order valence-corrected chi connectivity index (χ0v) is 19.5. The molecule has 4 amide bonds. The van der Waals surface area contributed by atoms with Crippen LogP contribution in [-0.4, -0.2) is 34.8 Å². The summed E-state index contributed by atoms with van der Waals surface area (Å²) in [5, 5.41) is 13.1. The molecule has 12 heteroatoms. The Morgan fingerprint density at radius 3 is 2.56 bits per heavy atom. The second-order valence-electron chi connectivity index (χ2n) is 7.53. The first kappa shape index (κ1) is 24.5. The Labute approximate surface area is 209 Å². The number of rotatable bonds is 8. The zero-order valence-electron chi connectivity index (χ0n) is 18.7. The molecule has 1 aliphatic rings. The Kier molecular flexibility index (Phi) is 7.02. The third kappa shape index (κ3) is 5.20. The first-order chi connectivity index (χ1) is 17.3. The Morgan fingerprint density at radius 2 is 1.92 bits per heavy atom. The summed E-state index contributed by atoms with van der Waals surface area (Å²) in [5.74, 6) is -0.855. The lowest BCUT2D eigenvalue weighted by molar-refractivity contribution is -0.384. The third-order valence-electron chi connectivity index (χ3n) is 5.17. The van der Waals surface area contributed by atoms with E-state index in [1.54, 1.807) is 24.3 Å². The van der Waals surface area contributed by atoms with Gasteiger partial charge < -0.3 is 13.9 Å². The van der Waals surface area contributed by atoms with E-state index in [4.69, 9.17) is 25.5 Å². The predicted octanol–water partition coefficient (Wildman–Crippen LogP) is 4.09. The van der Waals surface area contributed by atoms with Crippen molar-refractivity contribution in [3.05, 3.63) is 92.4 Å². The van der Waals surface area contributed by atoms with Crippen LogP contribution in [0.1, 0.15) is 16.9 Å². The molecule has 1 fully saturated rings. The molecule has 0 unspecified atom stereocenters. The van der Waals surface area contributed by atoms with E-state index >= 15 is 0 Å². The number of furan rings is 1. The van der Waals surface area contributed by atoms with E-state index in [1.807, 2.05) is 0 Å². The molecular formula is C24H18ClN3O8. The average Bonchev–Trinajstić information content (AvgIpc) is 3.37. The van der Waals surface area contributed by atoms with Crippen molar-refractivity contribution in [2.75, 3.05) is 7.11 Å². The Balaban J connectivity index is 1.56. The number of carbonyl (C=O) groups is 3. The number of hydrogen-bond acceptors (Lipinski definition) is 8. The molecule has 2 aromatic carbocycles. The van der Waals surface area contributed by atoms with E-state index < -0.39 is 22.8 Å². The van der Waals surface area contributed by atoms with Gasteiger partial charge in [-0.3, -0.25) is 29.9 Å². The lowest BCUT2D eigenvalue weighted by Crippen LogP contribution is -2.53. The number of imide groups is 2. The van der Waals surface area contributed by atoms with Crippen LogP contribution in [0.4, 0.5) is 10.5 Å². The van der Waals surface area contributed by atoms with Crippen molar-refractivity contribution in [1.29, 1.82) is 0 Å². The summed E-state index contributed by atoms with van der Waals surface area (Å²) >= 11 is 6.40. The molecule has 1 N–H and O–H groups in total. The molecule has 1 aromatic heterocycles. The minimum absolute atomic E-state index is 0.0440. The molecule has 0 radical (unpaired) electrons. The van der Waals surface area contributed by atoms with E-state index in [2.05, 4.69) is 5.32 Å². The summed E-state index contributed by atoms with van der Waals surface area (Å²) in [4.78, 5) is 48.7. The van der Waals surface area contributed by atoms with E-state index in [-0.39, 0.29) is 40.9 Å². The van der Waals surface area contributed by atoms with Crippen molar-refractivity contribution in [1.82, 2.24) is 10.2 Å². The van der Waals surface area contributed by atoms with Gasteiger partial charge in [-0.15, -0.1) is 0 Å². The number of nitrogens with one attached hydrogen (secondary N) is 1. The van der Waals surface area contributed by atoms with Gasteiger partial charge in [-0.25, -0.2) is 4.79 Å². The zero-order chi connectivity index (χ0) is 25.8. The number of urea groups is 1. The van der Waals surface area contributed by atoms with Crippen molar-refractivity contribution >= 4 is 41.2 Å². The first-order valence-corrected chi connectivity index (χ1v) is 10.8. The van der Waals surface area contributed by atoms with Gasteiger partial charge in [0.05, 0.1) is 29.9 Å². The molecular weight excluding hydrogens is 494 g/mol. The van der Waals surface area contributed by atoms with Crippen molar-refractivity contribution in [3.8, 4) is 11.5 Å². The molecule has 0 spiro atoms. The fourth-order valence-electron chi connectivity index (χ4n) is 3.40. The van der Waals surface area contributed by atoms with Gasteiger partial charge in [0.2, 0.25) is 0 Å². The molecule has 36 heavy (non-hydrogen) atoms. The highest BCUT2D eigenvalue weighted by molar-refractivity contribution is 6.33. The van der Waals surface area contributed by atoms with Crippen molar-refractivity contribution < 1.29 is 33.2 Å². The van der Waals surface area contributed by atoms with E-state index in [0.29, 0.717) is 16.9 Å². The molecule has 0 saturated carbocycles. The number of non-ortho nitro benzene ring substituents is 1. The van der Waals surface area contributed by atoms with Crippen LogP contribution in [0.15, 0.2) is 64.8 Å². The number of methoxy groups -OCH3 is 1. The molecule has 0 aliphatic carbocycles. The summed E-state index contributed by atoms with van der Waals surface area (Å²) in [6, 6.07) is 11.2. The van der Waals surface area contributed by atoms with Crippen molar-refractivity contribution in [3.63, 3.8) is 0 Å². The van der Waals surface area contributed by atoms with Crippen LogP contribution >= 0.6 is 11.6 Å². The summed E-state index contributed by atoms with van der Waals surface area (Å²) in [6.45, 7) is -0.0962. The maximum atomic E-state index is 12.9. The summed E-state index contributed by atoms with van der Waals surface area (Å²) < 4.78 is 16.3. The van der Waals surface area contributed by atoms with Crippen LogP contribution in [0.5, 0.6) is 11.5 Å². The topological polar surface area (TPSA) is 141 Å². The maximum Gasteiger partial charge on any atom is 0.331 e. The van der Waals surface area contributed by atoms with Crippen LogP contribution in [-0.2, 0) is 22.7 Å². The lowest BCUT2D eigenvalue weighted by atomic mass is 10.1. The molecule has 184 valence electrons. The summed E-state index contributed by atoms with van der Waals surface area (Å²) in [7, 11) is 1.39. The van der Waals surface area contributed by atoms with Crippen LogP contribution < -0.4 is 14.8 Å². The highest BCUT2D eigenvalue weighted by Gasteiger charge is 2.36. The lowest BCUT2D eigenvalue weighted by Gasteiger charge is -2.25. The standard InChI is InChI=1S/C24H18ClN3O8/c1-34-20-11-15(10-19(25)21(20)36-13-14-4-6-16(7-5-14)28(32)33)9-18-22(29)26-24(31)27(23(18)30)12-17-3-2-8-35-17/h2-11H,12-13H2,1H3,(H,26,29,31)/b18-9+.